The fourth-order valence-corrected chi connectivity index (χ4v) is 3.19. The highest BCUT2D eigenvalue weighted by atomic mass is 15.1. The number of hydrogen-bond acceptors (Lipinski definition) is 4. The second kappa shape index (κ2) is 5.17. The SMILES string of the molecule is Cc1cc(C2CCN(C)CC2)nc(C2CC(N)C2)n1. The fraction of sp³-hybridized carbons (Fsp3) is 0.733. The van der Waals surface area contributed by atoms with Crippen LogP contribution in [0.2, 0.25) is 0 Å². The van der Waals surface area contributed by atoms with Gasteiger partial charge in [-0.25, -0.2) is 9.97 Å². The van der Waals surface area contributed by atoms with Crippen LogP contribution in [0, 0.1) is 6.92 Å². The standard InChI is InChI=1S/C15H24N4/c1-10-7-14(11-3-5-19(2)6-4-11)18-15(17-10)12-8-13(16)9-12/h7,11-13H,3-6,8-9,16H2,1-2H3. The fourth-order valence-electron chi connectivity index (χ4n) is 3.19. The zero-order chi connectivity index (χ0) is 13.4. The molecule has 4 heteroatoms. The Hall–Kier alpha value is -1.00. The molecule has 3 rings (SSSR count). The van der Waals surface area contributed by atoms with E-state index in [-0.39, 0.29) is 0 Å². The third-order valence-electron chi connectivity index (χ3n) is 4.57. The van der Waals surface area contributed by atoms with Gasteiger partial charge in [-0.1, -0.05) is 0 Å². The van der Waals surface area contributed by atoms with Gasteiger partial charge in [0.2, 0.25) is 0 Å². The molecule has 0 amide bonds. The molecule has 1 aromatic rings. The number of likely N-dealkylation sites (tertiary alicyclic amines) is 1. The number of piperidine rings is 1. The Morgan fingerprint density at radius 1 is 1.16 bits per heavy atom. The van der Waals surface area contributed by atoms with Crippen molar-refractivity contribution in [2.45, 2.75) is 50.5 Å². The Morgan fingerprint density at radius 2 is 1.84 bits per heavy atom. The van der Waals surface area contributed by atoms with E-state index in [1.807, 2.05) is 0 Å². The van der Waals surface area contributed by atoms with Crippen LogP contribution in [0.15, 0.2) is 6.07 Å². The molecule has 0 atom stereocenters. The molecule has 19 heavy (non-hydrogen) atoms. The van der Waals surface area contributed by atoms with Gasteiger partial charge < -0.3 is 10.6 Å². The molecule has 1 aliphatic heterocycles. The summed E-state index contributed by atoms with van der Waals surface area (Å²) in [5.74, 6) is 2.15. The van der Waals surface area contributed by atoms with E-state index in [9.17, 15) is 0 Å². The quantitative estimate of drug-likeness (QED) is 0.881. The molecule has 2 heterocycles. The van der Waals surface area contributed by atoms with Crippen molar-refractivity contribution in [3.8, 4) is 0 Å². The van der Waals surface area contributed by atoms with E-state index in [2.05, 4.69) is 29.9 Å². The number of aryl methyl sites for hydroxylation is 1. The predicted octanol–water partition coefficient (Wildman–Crippen LogP) is 1.80. The molecule has 0 unspecified atom stereocenters. The van der Waals surface area contributed by atoms with Crippen LogP contribution < -0.4 is 5.73 Å². The van der Waals surface area contributed by atoms with Gasteiger partial charge in [0, 0.05) is 29.3 Å². The summed E-state index contributed by atoms with van der Waals surface area (Å²) in [5, 5.41) is 0. The van der Waals surface area contributed by atoms with Crippen LogP contribution in [0.5, 0.6) is 0 Å². The third-order valence-corrected chi connectivity index (χ3v) is 4.57. The second-order valence-corrected chi connectivity index (χ2v) is 6.30. The van der Waals surface area contributed by atoms with Gasteiger partial charge in [0.15, 0.2) is 0 Å². The molecule has 0 spiro atoms. The highest BCUT2D eigenvalue weighted by Gasteiger charge is 2.30. The molecule has 2 fully saturated rings. The largest absolute Gasteiger partial charge is 0.328 e. The number of nitrogens with two attached hydrogens (primary N) is 1. The second-order valence-electron chi connectivity index (χ2n) is 6.30. The van der Waals surface area contributed by atoms with E-state index < -0.39 is 0 Å². The molecule has 0 aromatic carbocycles. The highest BCUT2D eigenvalue weighted by Crippen LogP contribution is 2.35. The summed E-state index contributed by atoms with van der Waals surface area (Å²) in [6.45, 7) is 4.44. The molecule has 0 radical (unpaired) electrons. The van der Waals surface area contributed by atoms with E-state index in [1.165, 1.54) is 31.6 Å². The van der Waals surface area contributed by atoms with E-state index in [0.29, 0.717) is 17.9 Å². The zero-order valence-corrected chi connectivity index (χ0v) is 12.0. The molecule has 1 saturated carbocycles. The molecule has 2 aliphatic rings. The summed E-state index contributed by atoms with van der Waals surface area (Å²) in [7, 11) is 2.20. The summed E-state index contributed by atoms with van der Waals surface area (Å²) in [6, 6.07) is 2.54. The van der Waals surface area contributed by atoms with Crippen molar-refractivity contribution in [1.29, 1.82) is 0 Å². The van der Waals surface area contributed by atoms with Crippen molar-refractivity contribution in [2.75, 3.05) is 20.1 Å². The molecule has 0 bridgehead atoms. The lowest BCUT2D eigenvalue weighted by Crippen LogP contribution is -2.36. The minimum Gasteiger partial charge on any atom is -0.328 e. The first kappa shape index (κ1) is 13.0. The smallest absolute Gasteiger partial charge is 0.132 e. The summed E-state index contributed by atoms with van der Waals surface area (Å²) < 4.78 is 0. The maximum Gasteiger partial charge on any atom is 0.132 e. The van der Waals surface area contributed by atoms with Gasteiger partial charge in [0.1, 0.15) is 5.82 Å². The van der Waals surface area contributed by atoms with Crippen molar-refractivity contribution in [3.63, 3.8) is 0 Å². The van der Waals surface area contributed by atoms with E-state index in [4.69, 9.17) is 10.7 Å². The van der Waals surface area contributed by atoms with Crippen LogP contribution >= 0.6 is 0 Å². The van der Waals surface area contributed by atoms with Gasteiger partial charge in [0.25, 0.3) is 0 Å². The Balaban J connectivity index is 1.77. The van der Waals surface area contributed by atoms with Crippen LogP contribution in [0.4, 0.5) is 0 Å². The molecule has 2 N–H and O–H groups in total. The predicted molar refractivity (Wildman–Crippen MR) is 76.2 cm³/mol. The Kier molecular flexibility index (Phi) is 3.54. The molecule has 104 valence electrons. The maximum absolute atomic E-state index is 5.88. The van der Waals surface area contributed by atoms with Gasteiger partial charge in [-0.2, -0.15) is 0 Å². The van der Waals surface area contributed by atoms with Gasteiger partial charge >= 0.3 is 0 Å². The van der Waals surface area contributed by atoms with E-state index in [0.717, 1.165) is 24.4 Å². The molecule has 1 aromatic heterocycles. The average Bonchev–Trinajstić information content (AvgIpc) is 2.35. The first-order valence-electron chi connectivity index (χ1n) is 7.41. The Bertz CT molecular complexity index is 445. The van der Waals surface area contributed by atoms with Crippen LogP contribution in [-0.2, 0) is 0 Å². The molecular weight excluding hydrogens is 236 g/mol. The number of hydrogen-bond donors (Lipinski definition) is 1. The monoisotopic (exact) mass is 260 g/mol. The first-order chi connectivity index (χ1) is 9.11. The highest BCUT2D eigenvalue weighted by molar-refractivity contribution is 5.18. The Labute approximate surface area is 115 Å². The first-order valence-corrected chi connectivity index (χ1v) is 7.41. The van der Waals surface area contributed by atoms with Crippen LogP contribution in [0.3, 0.4) is 0 Å². The minimum atomic E-state index is 0.362. The topological polar surface area (TPSA) is 55.0 Å². The minimum absolute atomic E-state index is 0.362. The normalized spacial score (nSPS) is 29.2. The lowest BCUT2D eigenvalue weighted by Gasteiger charge is -2.32. The van der Waals surface area contributed by atoms with Crippen molar-refractivity contribution < 1.29 is 0 Å². The van der Waals surface area contributed by atoms with Gasteiger partial charge in [-0.3, -0.25) is 0 Å². The summed E-state index contributed by atoms with van der Waals surface area (Å²) >= 11 is 0. The maximum atomic E-state index is 5.88. The van der Waals surface area contributed by atoms with Crippen molar-refractivity contribution in [3.05, 3.63) is 23.3 Å². The van der Waals surface area contributed by atoms with Gasteiger partial charge in [-0.05, 0) is 58.8 Å². The summed E-state index contributed by atoms with van der Waals surface area (Å²) in [5.41, 5.74) is 8.25. The number of nitrogens with zero attached hydrogens (tertiary/aromatic N) is 3. The van der Waals surface area contributed by atoms with Crippen molar-refractivity contribution in [2.24, 2.45) is 5.73 Å². The summed E-state index contributed by atoms with van der Waals surface area (Å²) in [4.78, 5) is 11.9. The number of rotatable bonds is 2. The lowest BCUT2D eigenvalue weighted by atomic mass is 9.80. The average molecular weight is 260 g/mol. The van der Waals surface area contributed by atoms with Crippen LogP contribution in [0.25, 0.3) is 0 Å². The summed E-state index contributed by atoms with van der Waals surface area (Å²) in [6.07, 6.45) is 4.54. The van der Waals surface area contributed by atoms with E-state index >= 15 is 0 Å². The lowest BCUT2D eigenvalue weighted by molar-refractivity contribution is 0.252. The van der Waals surface area contributed by atoms with Crippen molar-refractivity contribution in [1.82, 2.24) is 14.9 Å². The molecule has 1 aliphatic carbocycles. The van der Waals surface area contributed by atoms with Crippen LogP contribution in [0.1, 0.15) is 54.7 Å². The van der Waals surface area contributed by atoms with Gasteiger partial charge in [0.05, 0.1) is 0 Å². The van der Waals surface area contributed by atoms with Gasteiger partial charge in [-0.15, -0.1) is 0 Å². The van der Waals surface area contributed by atoms with Crippen molar-refractivity contribution >= 4 is 0 Å². The number of aromatic nitrogens is 2. The Morgan fingerprint density at radius 3 is 2.47 bits per heavy atom. The molecular formula is C15H24N4. The van der Waals surface area contributed by atoms with E-state index in [1.54, 1.807) is 0 Å². The molecule has 1 saturated heterocycles. The van der Waals surface area contributed by atoms with Crippen LogP contribution in [-0.4, -0.2) is 41.0 Å². The molecule has 4 nitrogen and oxygen atoms in total. The zero-order valence-electron chi connectivity index (χ0n) is 12.0. The third kappa shape index (κ3) is 2.79.